The smallest absolute Gasteiger partial charge is 0.260 e. The quantitative estimate of drug-likeness (QED) is 0.350. The van der Waals surface area contributed by atoms with Crippen LogP contribution in [-0.2, 0) is 27.2 Å². The van der Waals surface area contributed by atoms with Crippen LogP contribution in [0.25, 0.3) is 11.3 Å². The molecular formula is C31H36N4O6S. The van der Waals surface area contributed by atoms with Crippen molar-refractivity contribution in [3.8, 4) is 22.8 Å². The van der Waals surface area contributed by atoms with Crippen molar-refractivity contribution in [2.45, 2.75) is 19.3 Å². The lowest BCUT2D eigenvalue weighted by molar-refractivity contribution is -0.894. The number of nitrogens with zero attached hydrogens (tertiary/aromatic N) is 4. The highest BCUT2D eigenvalue weighted by atomic mass is 32.1. The van der Waals surface area contributed by atoms with Crippen LogP contribution in [0.5, 0.6) is 11.5 Å². The molecule has 0 spiro atoms. The van der Waals surface area contributed by atoms with Crippen molar-refractivity contribution >= 4 is 34.3 Å². The summed E-state index contributed by atoms with van der Waals surface area (Å²) in [6.07, 6.45) is 0.312. The molecule has 0 radical (unpaired) electrons. The maximum atomic E-state index is 13.8. The molecule has 222 valence electrons. The molecule has 0 unspecified atom stereocenters. The molecule has 0 N–H and O–H groups in total. The Morgan fingerprint density at radius 2 is 1.76 bits per heavy atom. The second-order valence-electron chi connectivity index (χ2n) is 11.7. The Morgan fingerprint density at radius 3 is 2.38 bits per heavy atom. The minimum atomic E-state index is -1.25. The highest BCUT2D eigenvalue weighted by Crippen LogP contribution is 2.43. The summed E-state index contributed by atoms with van der Waals surface area (Å²) in [5.41, 5.74) is 2.14. The molecule has 1 aromatic heterocycles. The Labute approximate surface area is 249 Å². The lowest BCUT2D eigenvalue weighted by atomic mass is 9.80. The van der Waals surface area contributed by atoms with Gasteiger partial charge in [0.1, 0.15) is 11.5 Å². The summed E-state index contributed by atoms with van der Waals surface area (Å²) in [6, 6.07) is 13.0. The van der Waals surface area contributed by atoms with Gasteiger partial charge in [0.2, 0.25) is 5.91 Å². The highest BCUT2D eigenvalue weighted by Gasteiger charge is 2.46. The van der Waals surface area contributed by atoms with Gasteiger partial charge in [-0.3, -0.25) is 14.5 Å². The highest BCUT2D eigenvalue weighted by molar-refractivity contribution is 7.14. The second kappa shape index (κ2) is 11.7. The van der Waals surface area contributed by atoms with E-state index in [1.165, 1.54) is 16.2 Å². The number of carbonyl (C=O) groups excluding carboxylic acids is 3. The van der Waals surface area contributed by atoms with E-state index in [1.54, 1.807) is 26.3 Å². The van der Waals surface area contributed by atoms with E-state index < -0.39 is 11.4 Å². The molecule has 0 bridgehead atoms. The van der Waals surface area contributed by atoms with E-state index in [0.717, 1.165) is 28.7 Å². The number of amides is 2. The Kier molecular flexibility index (Phi) is 8.25. The minimum Gasteiger partial charge on any atom is -0.550 e. The summed E-state index contributed by atoms with van der Waals surface area (Å²) in [6.45, 7) is 3.19. The molecule has 1 saturated heterocycles. The minimum absolute atomic E-state index is 0.0450. The van der Waals surface area contributed by atoms with E-state index in [9.17, 15) is 19.5 Å². The predicted molar refractivity (Wildman–Crippen MR) is 157 cm³/mol. The van der Waals surface area contributed by atoms with Crippen LogP contribution >= 0.6 is 11.3 Å². The van der Waals surface area contributed by atoms with Gasteiger partial charge in [0.15, 0.2) is 11.7 Å². The number of aromatic nitrogens is 1. The molecule has 3 aromatic rings. The molecular weight excluding hydrogens is 556 g/mol. The van der Waals surface area contributed by atoms with Gasteiger partial charge in [0, 0.05) is 36.4 Å². The SMILES string of the molecule is COc1cc(OCC(=O)N2CC[N+](C)(C)CC2)ccc1-c1csc(N(C)C(=O)C2(CC(=O)[O-])Cc3ccccc3C2)n1. The zero-order valence-electron chi connectivity index (χ0n) is 24.4. The number of anilines is 1. The number of benzene rings is 2. The molecule has 5 rings (SSSR count). The number of carbonyl (C=O) groups is 3. The number of hydrogen-bond donors (Lipinski definition) is 0. The molecule has 2 heterocycles. The summed E-state index contributed by atoms with van der Waals surface area (Å²) in [5.74, 6) is -0.582. The Hall–Kier alpha value is -3.96. The third kappa shape index (κ3) is 6.12. The number of fused-ring (bicyclic) bond motifs is 1. The second-order valence-corrected chi connectivity index (χ2v) is 12.6. The number of thiazole rings is 1. The van der Waals surface area contributed by atoms with Gasteiger partial charge in [-0.05, 0) is 36.1 Å². The van der Waals surface area contributed by atoms with Crippen molar-refractivity contribution in [2.75, 3.05) is 65.9 Å². The van der Waals surface area contributed by atoms with E-state index in [-0.39, 0.29) is 24.8 Å². The number of quaternary nitrogens is 1. The van der Waals surface area contributed by atoms with Crippen LogP contribution in [0.3, 0.4) is 0 Å². The Morgan fingerprint density at radius 1 is 1.10 bits per heavy atom. The summed E-state index contributed by atoms with van der Waals surface area (Å²) in [4.78, 5) is 46.1. The number of hydrogen-bond acceptors (Lipinski definition) is 8. The third-order valence-electron chi connectivity index (χ3n) is 8.31. The lowest BCUT2D eigenvalue weighted by Gasteiger charge is -2.38. The number of ether oxygens (including phenoxy) is 2. The van der Waals surface area contributed by atoms with Crippen molar-refractivity contribution in [2.24, 2.45) is 5.41 Å². The van der Waals surface area contributed by atoms with Gasteiger partial charge in [-0.2, -0.15) is 0 Å². The van der Waals surface area contributed by atoms with Crippen LogP contribution in [0.2, 0.25) is 0 Å². The number of aliphatic carboxylic acids is 1. The first-order chi connectivity index (χ1) is 20.0. The predicted octanol–water partition coefficient (Wildman–Crippen LogP) is 2.00. The lowest BCUT2D eigenvalue weighted by Crippen LogP contribution is -2.56. The van der Waals surface area contributed by atoms with Crippen molar-refractivity contribution in [3.05, 3.63) is 59.0 Å². The van der Waals surface area contributed by atoms with Crippen LogP contribution in [0.4, 0.5) is 5.13 Å². The fraction of sp³-hybridized carbons (Fsp3) is 0.419. The van der Waals surface area contributed by atoms with Crippen molar-refractivity contribution in [1.82, 2.24) is 9.88 Å². The molecule has 2 amide bonds. The number of piperazine rings is 1. The van der Waals surface area contributed by atoms with Crippen LogP contribution in [0, 0.1) is 5.41 Å². The molecule has 1 aliphatic carbocycles. The van der Waals surface area contributed by atoms with E-state index >= 15 is 0 Å². The van der Waals surface area contributed by atoms with Gasteiger partial charge >= 0.3 is 0 Å². The first kappa shape index (κ1) is 29.5. The molecule has 11 heteroatoms. The van der Waals surface area contributed by atoms with E-state index in [2.05, 4.69) is 14.1 Å². The first-order valence-corrected chi connectivity index (χ1v) is 14.8. The fourth-order valence-electron chi connectivity index (χ4n) is 5.77. The Bertz CT molecular complexity index is 1470. The molecule has 1 aliphatic heterocycles. The zero-order chi connectivity index (χ0) is 30.1. The monoisotopic (exact) mass is 592 g/mol. The molecule has 2 aromatic carbocycles. The van der Waals surface area contributed by atoms with Crippen LogP contribution < -0.4 is 19.5 Å². The van der Waals surface area contributed by atoms with Gasteiger partial charge in [-0.25, -0.2) is 4.98 Å². The molecule has 42 heavy (non-hydrogen) atoms. The Balaban J connectivity index is 1.28. The molecule has 1 fully saturated rings. The van der Waals surface area contributed by atoms with E-state index in [4.69, 9.17) is 14.5 Å². The number of carboxylic acids is 1. The fourth-order valence-corrected chi connectivity index (χ4v) is 6.56. The van der Waals surface area contributed by atoms with E-state index in [0.29, 0.717) is 53.8 Å². The summed E-state index contributed by atoms with van der Waals surface area (Å²) >= 11 is 1.29. The van der Waals surface area contributed by atoms with Gasteiger partial charge in [-0.1, -0.05) is 24.3 Å². The summed E-state index contributed by atoms with van der Waals surface area (Å²) in [5, 5.41) is 14.0. The molecule has 0 atom stereocenters. The molecule has 0 saturated carbocycles. The van der Waals surface area contributed by atoms with Crippen molar-refractivity contribution in [1.29, 1.82) is 0 Å². The number of methoxy groups -OCH3 is 1. The van der Waals surface area contributed by atoms with Gasteiger partial charge < -0.3 is 28.8 Å². The number of likely N-dealkylation sites (N-methyl/N-ethyl adjacent to an activating group) is 1. The average molecular weight is 593 g/mol. The van der Waals surface area contributed by atoms with Crippen molar-refractivity contribution in [3.63, 3.8) is 0 Å². The molecule has 10 nitrogen and oxygen atoms in total. The number of carboxylic acid groups (broad SMARTS) is 1. The van der Waals surface area contributed by atoms with Crippen LogP contribution in [0.15, 0.2) is 47.8 Å². The number of rotatable bonds is 9. The van der Waals surface area contributed by atoms with Gasteiger partial charge in [-0.15, -0.1) is 11.3 Å². The standard InChI is InChI=1S/C31H36N4O6S/c1-33(29(39)31(18-28(37)38)16-21-7-5-6-8-22(21)17-31)30-32-25(20-42-30)24-10-9-23(15-26(24)40-4)41-19-27(36)34-11-13-35(2,3)14-12-34/h5-10,15,20H,11-14,16-19H2,1-4H3. The van der Waals surface area contributed by atoms with Gasteiger partial charge in [0.25, 0.3) is 5.91 Å². The van der Waals surface area contributed by atoms with Crippen LogP contribution in [0.1, 0.15) is 17.5 Å². The normalized spacial score (nSPS) is 16.9. The largest absolute Gasteiger partial charge is 0.550 e. The van der Waals surface area contributed by atoms with Crippen LogP contribution in [-0.4, -0.2) is 93.2 Å². The topological polar surface area (TPSA) is 112 Å². The summed E-state index contributed by atoms with van der Waals surface area (Å²) in [7, 11) is 7.50. The third-order valence-corrected chi connectivity index (χ3v) is 9.23. The summed E-state index contributed by atoms with van der Waals surface area (Å²) < 4.78 is 12.3. The maximum absolute atomic E-state index is 13.8. The first-order valence-electron chi connectivity index (χ1n) is 13.9. The molecule has 2 aliphatic rings. The average Bonchev–Trinajstić information content (AvgIpc) is 3.60. The van der Waals surface area contributed by atoms with Crippen molar-refractivity contribution < 1.29 is 33.4 Å². The zero-order valence-corrected chi connectivity index (χ0v) is 25.2. The van der Waals surface area contributed by atoms with E-state index in [1.807, 2.05) is 40.6 Å². The maximum Gasteiger partial charge on any atom is 0.260 e. The van der Waals surface area contributed by atoms with Gasteiger partial charge in [0.05, 0.1) is 58.5 Å².